The smallest absolute Gasteiger partial charge is 0.328 e. The molecule has 0 radical (unpaired) electrons. The number of thiol groups is 1. The molecular formula is C16H31N5O6S. The average molecular weight is 422 g/mol. The van der Waals surface area contributed by atoms with E-state index in [1.54, 1.807) is 0 Å². The molecule has 0 rings (SSSR count). The van der Waals surface area contributed by atoms with Gasteiger partial charge >= 0.3 is 5.97 Å². The van der Waals surface area contributed by atoms with Crippen molar-refractivity contribution < 1.29 is 29.4 Å². The van der Waals surface area contributed by atoms with Crippen LogP contribution in [0.1, 0.15) is 33.1 Å². The lowest BCUT2D eigenvalue weighted by molar-refractivity contribution is -0.145. The number of carboxylic acid groups (broad SMARTS) is 1. The van der Waals surface area contributed by atoms with Crippen LogP contribution >= 0.6 is 12.6 Å². The number of carbonyl (C=O) groups is 4. The van der Waals surface area contributed by atoms with Crippen LogP contribution in [0.25, 0.3) is 0 Å². The first-order chi connectivity index (χ1) is 13.0. The number of nitrogens with one attached hydrogen (secondary N) is 3. The van der Waals surface area contributed by atoms with Gasteiger partial charge in [-0.25, -0.2) is 4.79 Å². The number of amides is 3. The summed E-state index contributed by atoms with van der Waals surface area (Å²) in [6.07, 6.45) is -0.0195. The second-order valence-corrected chi connectivity index (χ2v) is 6.80. The predicted molar refractivity (Wildman–Crippen MR) is 106 cm³/mol. The van der Waals surface area contributed by atoms with E-state index in [1.165, 1.54) is 13.8 Å². The molecule has 5 atom stereocenters. The van der Waals surface area contributed by atoms with Crippen LogP contribution in [0.15, 0.2) is 0 Å². The van der Waals surface area contributed by atoms with Crippen LogP contribution in [-0.2, 0) is 19.2 Å². The van der Waals surface area contributed by atoms with Gasteiger partial charge in [-0.05, 0) is 39.7 Å². The van der Waals surface area contributed by atoms with Gasteiger partial charge in [-0.15, -0.1) is 0 Å². The average Bonchev–Trinajstić information content (AvgIpc) is 2.63. The Bertz CT molecular complexity index is 548. The molecule has 0 heterocycles. The summed E-state index contributed by atoms with van der Waals surface area (Å²) in [4.78, 5) is 47.7. The van der Waals surface area contributed by atoms with Crippen molar-refractivity contribution in [1.29, 1.82) is 0 Å². The molecule has 0 aromatic heterocycles. The van der Waals surface area contributed by atoms with E-state index < -0.39 is 54.0 Å². The minimum absolute atomic E-state index is 0.0974. The van der Waals surface area contributed by atoms with Gasteiger partial charge in [-0.3, -0.25) is 14.4 Å². The number of aliphatic carboxylic acids is 1. The first-order valence-electron chi connectivity index (χ1n) is 8.93. The molecule has 0 saturated heterocycles. The third-order valence-electron chi connectivity index (χ3n) is 3.91. The van der Waals surface area contributed by atoms with E-state index in [0.717, 1.165) is 0 Å². The molecule has 0 aliphatic carbocycles. The van der Waals surface area contributed by atoms with Crippen LogP contribution in [-0.4, -0.2) is 76.5 Å². The summed E-state index contributed by atoms with van der Waals surface area (Å²) >= 11 is 3.91. The highest BCUT2D eigenvalue weighted by atomic mass is 32.1. The number of nitrogens with two attached hydrogens (primary N) is 2. The van der Waals surface area contributed by atoms with Gasteiger partial charge in [0, 0.05) is 5.75 Å². The van der Waals surface area contributed by atoms with E-state index in [4.69, 9.17) is 16.6 Å². The number of hydrogen-bond donors (Lipinski definition) is 8. The Balaban J connectivity index is 5.07. The Morgan fingerprint density at radius 2 is 1.61 bits per heavy atom. The van der Waals surface area contributed by atoms with Gasteiger partial charge in [0.1, 0.15) is 12.1 Å². The van der Waals surface area contributed by atoms with Crippen molar-refractivity contribution in [3.8, 4) is 0 Å². The summed E-state index contributed by atoms with van der Waals surface area (Å²) in [6, 6.07) is -4.44. The van der Waals surface area contributed by atoms with Crippen molar-refractivity contribution in [2.75, 3.05) is 12.3 Å². The van der Waals surface area contributed by atoms with Crippen molar-refractivity contribution >= 4 is 36.3 Å². The number of aliphatic hydroxyl groups excluding tert-OH is 1. The fraction of sp³-hybridized carbons (Fsp3) is 0.750. The summed E-state index contributed by atoms with van der Waals surface area (Å²) in [5, 5.41) is 25.7. The van der Waals surface area contributed by atoms with Gasteiger partial charge in [-0.1, -0.05) is 0 Å². The number of rotatable bonds is 13. The number of aliphatic hydroxyl groups is 1. The van der Waals surface area contributed by atoms with Crippen molar-refractivity contribution in [1.82, 2.24) is 16.0 Å². The molecule has 3 amide bonds. The van der Waals surface area contributed by atoms with Crippen LogP contribution in [0.2, 0.25) is 0 Å². The molecule has 0 fully saturated rings. The summed E-state index contributed by atoms with van der Waals surface area (Å²) in [7, 11) is 0. The quantitative estimate of drug-likeness (QED) is 0.116. The molecule has 0 bridgehead atoms. The highest BCUT2D eigenvalue weighted by Gasteiger charge is 2.30. The van der Waals surface area contributed by atoms with E-state index in [9.17, 15) is 24.3 Å². The normalized spacial score (nSPS) is 16.2. The van der Waals surface area contributed by atoms with Crippen molar-refractivity contribution in [2.24, 2.45) is 11.5 Å². The second-order valence-electron chi connectivity index (χ2n) is 6.43. The molecule has 0 aromatic rings. The zero-order chi connectivity index (χ0) is 21.9. The lowest BCUT2D eigenvalue weighted by atomic mass is 10.1. The Morgan fingerprint density at radius 1 is 1.00 bits per heavy atom. The van der Waals surface area contributed by atoms with Crippen molar-refractivity contribution in [3.05, 3.63) is 0 Å². The van der Waals surface area contributed by atoms with E-state index >= 15 is 0 Å². The van der Waals surface area contributed by atoms with Crippen molar-refractivity contribution in [2.45, 2.75) is 63.4 Å². The minimum atomic E-state index is -1.52. The Kier molecular flexibility index (Phi) is 12.4. The molecule has 0 aliphatic rings. The minimum Gasteiger partial charge on any atom is -0.480 e. The summed E-state index contributed by atoms with van der Waals surface area (Å²) in [5.74, 6) is -3.28. The molecule has 11 nitrogen and oxygen atoms in total. The largest absolute Gasteiger partial charge is 0.480 e. The van der Waals surface area contributed by atoms with Gasteiger partial charge in [0.2, 0.25) is 17.7 Å². The van der Waals surface area contributed by atoms with E-state index in [0.29, 0.717) is 19.4 Å². The molecule has 5 unspecified atom stereocenters. The third-order valence-corrected chi connectivity index (χ3v) is 4.31. The molecule has 0 aliphatic heterocycles. The van der Waals surface area contributed by atoms with E-state index in [-0.39, 0.29) is 12.2 Å². The number of hydrogen-bond acceptors (Lipinski definition) is 8. The maximum atomic E-state index is 12.4. The first kappa shape index (κ1) is 26.1. The van der Waals surface area contributed by atoms with Crippen LogP contribution in [0, 0.1) is 0 Å². The van der Waals surface area contributed by atoms with Gasteiger partial charge in [0.15, 0.2) is 6.04 Å². The Hall–Kier alpha value is -1.89. The second kappa shape index (κ2) is 13.3. The van der Waals surface area contributed by atoms with Crippen LogP contribution in [0.5, 0.6) is 0 Å². The highest BCUT2D eigenvalue weighted by molar-refractivity contribution is 7.80. The van der Waals surface area contributed by atoms with Gasteiger partial charge in [0.25, 0.3) is 0 Å². The third kappa shape index (κ3) is 9.35. The molecule has 9 N–H and O–H groups in total. The number of carboxylic acids is 1. The molecule has 28 heavy (non-hydrogen) atoms. The van der Waals surface area contributed by atoms with Crippen LogP contribution in [0.4, 0.5) is 0 Å². The lowest BCUT2D eigenvalue weighted by Gasteiger charge is -2.24. The Labute approximate surface area is 169 Å². The number of unbranched alkanes of at least 4 members (excludes halogenated alkanes) is 1. The highest BCUT2D eigenvalue weighted by Crippen LogP contribution is 2.04. The van der Waals surface area contributed by atoms with E-state index in [2.05, 4.69) is 28.6 Å². The molecule has 12 heteroatoms. The fourth-order valence-electron chi connectivity index (χ4n) is 2.17. The van der Waals surface area contributed by atoms with Gasteiger partial charge in [0.05, 0.1) is 12.1 Å². The van der Waals surface area contributed by atoms with Crippen LogP contribution < -0.4 is 27.4 Å². The maximum Gasteiger partial charge on any atom is 0.328 e. The topological polar surface area (TPSA) is 197 Å². The molecule has 0 saturated carbocycles. The summed E-state index contributed by atoms with van der Waals surface area (Å²) in [6.45, 7) is 3.04. The molecular weight excluding hydrogens is 390 g/mol. The molecule has 0 aromatic carbocycles. The molecule has 0 spiro atoms. The number of carbonyl (C=O) groups excluding carboxylic acids is 3. The zero-order valence-electron chi connectivity index (χ0n) is 16.1. The standard InChI is InChI=1S/C16H31N5O6S/c1-8(19-14(24)10(18)7-28)13(23)20-11(5-3-4-6-17)15(25)21-12(9(2)22)16(26)27/h8-12,22,28H,3-7,17-18H2,1-2H3,(H,19,24)(H,20,23)(H,21,25)(H,26,27). The summed E-state index contributed by atoms with van der Waals surface area (Å²) < 4.78 is 0. The van der Waals surface area contributed by atoms with Crippen molar-refractivity contribution in [3.63, 3.8) is 0 Å². The Morgan fingerprint density at radius 3 is 2.07 bits per heavy atom. The van der Waals surface area contributed by atoms with Gasteiger partial charge in [-0.2, -0.15) is 12.6 Å². The molecule has 162 valence electrons. The lowest BCUT2D eigenvalue weighted by Crippen LogP contribution is -2.57. The predicted octanol–water partition coefficient (Wildman–Crippen LogP) is -2.69. The zero-order valence-corrected chi connectivity index (χ0v) is 16.9. The van der Waals surface area contributed by atoms with E-state index in [1.807, 2.05) is 0 Å². The van der Waals surface area contributed by atoms with Gasteiger partial charge < -0.3 is 37.6 Å². The fourth-order valence-corrected chi connectivity index (χ4v) is 2.34. The first-order valence-corrected chi connectivity index (χ1v) is 9.56. The SMILES string of the molecule is CC(NC(=O)C(N)CS)C(=O)NC(CCCCN)C(=O)NC(C(=O)O)C(C)O. The maximum absolute atomic E-state index is 12.4. The monoisotopic (exact) mass is 421 g/mol. The summed E-state index contributed by atoms with van der Waals surface area (Å²) in [5.41, 5.74) is 11.0. The van der Waals surface area contributed by atoms with Crippen LogP contribution in [0.3, 0.4) is 0 Å².